The molecule has 0 bridgehead atoms. The summed E-state index contributed by atoms with van der Waals surface area (Å²) in [6, 6.07) is 5.37. The van der Waals surface area contributed by atoms with Gasteiger partial charge in [-0.2, -0.15) is 4.98 Å². The predicted molar refractivity (Wildman–Crippen MR) is 76.9 cm³/mol. The largest absolute Gasteiger partial charge is 0.454 e. The Balaban J connectivity index is 1.87. The minimum atomic E-state index is -0.407. The van der Waals surface area contributed by atoms with Gasteiger partial charge >= 0.3 is 0 Å². The Morgan fingerprint density at radius 1 is 1.23 bits per heavy atom. The van der Waals surface area contributed by atoms with Gasteiger partial charge in [-0.3, -0.25) is 14.6 Å². The number of nitrogens with zero attached hydrogens (tertiary/aromatic N) is 1. The van der Waals surface area contributed by atoms with Crippen molar-refractivity contribution in [3.05, 3.63) is 39.7 Å². The molecule has 0 saturated heterocycles. The summed E-state index contributed by atoms with van der Waals surface area (Å²) in [5, 5.41) is 2.59. The SMILES string of the molecule is Nc1nc2c(c(=O)[nH]1)C(c1ccc3c(c1)OCO3)CC(=O)N2. The summed E-state index contributed by atoms with van der Waals surface area (Å²) >= 11 is 0. The molecule has 4 rings (SSSR count). The lowest BCUT2D eigenvalue weighted by atomic mass is 9.86. The summed E-state index contributed by atoms with van der Waals surface area (Å²) in [5.74, 6) is 0.803. The van der Waals surface area contributed by atoms with E-state index >= 15 is 0 Å². The van der Waals surface area contributed by atoms with Crippen LogP contribution in [0.3, 0.4) is 0 Å². The highest BCUT2D eigenvalue weighted by Gasteiger charge is 2.31. The predicted octanol–water partition coefficient (Wildman–Crippen LogP) is 0.555. The molecule has 8 nitrogen and oxygen atoms in total. The third-order valence-electron chi connectivity index (χ3n) is 3.77. The quantitative estimate of drug-likeness (QED) is 0.707. The standard InChI is InChI=1S/C14H12N4O4/c15-14-17-12-11(13(20)18-14)7(4-10(19)16-12)6-1-2-8-9(3-6)22-5-21-8/h1-3,7H,4-5H2,(H4,15,16,17,18,19,20). The molecule has 2 aromatic rings. The van der Waals surface area contributed by atoms with E-state index in [1.807, 2.05) is 6.07 Å². The zero-order valence-electron chi connectivity index (χ0n) is 11.4. The number of hydrogen-bond acceptors (Lipinski definition) is 6. The minimum Gasteiger partial charge on any atom is -0.454 e. The number of carbonyl (C=O) groups is 1. The summed E-state index contributed by atoms with van der Waals surface area (Å²) in [7, 11) is 0. The van der Waals surface area contributed by atoms with Crippen molar-refractivity contribution in [2.45, 2.75) is 12.3 Å². The summed E-state index contributed by atoms with van der Waals surface area (Å²) in [6.45, 7) is 0.166. The third-order valence-corrected chi connectivity index (χ3v) is 3.77. The van der Waals surface area contributed by atoms with Gasteiger partial charge in [-0.25, -0.2) is 0 Å². The molecule has 0 fully saturated rings. The maximum absolute atomic E-state index is 12.2. The molecular formula is C14H12N4O4. The number of carbonyl (C=O) groups excluding carboxylic acids is 1. The van der Waals surface area contributed by atoms with E-state index in [9.17, 15) is 9.59 Å². The number of amides is 1. The van der Waals surface area contributed by atoms with E-state index < -0.39 is 5.92 Å². The van der Waals surface area contributed by atoms with Crippen molar-refractivity contribution < 1.29 is 14.3 Å². The molecule has 2 aliphatic heterocycles. The van der Waals surface area contributed by atoms with Crippen LogP contribution in [0.2, 0.25) is 0 Å². The lowest BCUT2D eigenvalue weighted by Crippen LogP contribution is -2.31. The number of hydrogen-bond donors (Lipinski definition) is 3. The molecule has 1 amide bonds. The molecule has 0 saturated carbocycles. The van der Waals surface area contributed by atoms with Crippen molar-refractivity contribution in [2.24, 2.45) is 0 Å². The first-order valence-corrected chi connectivity index (χ1v) is 6.71. The summed E-state index contributed by atoms with van der Waals surface area (Å²) in [6.07, 6.45) is 0.154. The molecule has 1 aromatic heterocycles. The number of aromatic nitrogens is 2. The van der Waals surface area contributed by atoms with Crippen molar-refractivity contribution in [1.82, 2.24) is 9.97 Å². The molecule has 22 heavy (non-hydrogen) atoms. The lowest BCUT2D eigenvalue weighted by molar-refractivity contribution is -0.116. The number of rotatable bonds is 1. The second-order valence-corrected chi connectivity index (χ2v) is 5.13. The van der Waals surface area contributed by atoms with Gasteiger partial charge in [0.1, 0.15) is 5.82 Å². The first-order valence-electron chi connectivity index (χ1n) is 6.71. The zero-order valence-corrected chi connectivity index (χ0v) is 11.4. The fourth-order valence-corrected chi connectivity index (χ4v) is 2.80. The number of fused-ring (bicyclic) bond motifs is 2. The van der Waals surface area contributed by atoms with Crippen molar-refractivity contribution in [3.63, 3.8) is 0 Å². The smallest absolute Gasteiger partial charge is 0.258 e. The van der Waals surface area contributed by atoms with Crippen molar-refractivity contribution in [2.75, 3.05) is 17.8 Å². The number of aromatic amines is 1. The van der Waals surface area contributed by atoms with E-state index in [1.54, 1.807) is 12.1 Å². The lowest BCUT2D eigenvalue weighted by Gasteiger charge is -2.24. The van der Waals surface area contributed by atoms with Crippen molar-refractivity contribution >= 4 is 17.7 Å². The van der Waals surface area contributed by atoms with Crippen molar-refractivity contribution in [3.8, 4) is 11.5 Å². The fraction of sp³-hybridized carbons (Fsp3) is 0.214. The van der Waals surface area contributed by atoms with Gasteiger partial charge in [-0.05, 0) is 17.7 Å². The monoisotopic (exact) mass is 300 g/mol. The molecule has 3 heterocycles. The molecule has 4 N–H and O–H groups in total. The number of anilines is 2. The second kappa shape index (κ2) is 4.48. The minimum absolute atomic E-state index is 0.0320. The number of benzene rings is 1. The van der Waals surface area contributed by atoms with Crippen LogP contribution in [-0.4, -0.2) is 22.7 Å². The Morgan fingerprint density at radius 3 is 2.91 bits per heavy atom. The van der Waals surface area contributed by atoms with Gasteiger partial charge in [0, 0.05) is 12.3 Å². The number of ether oxygens (including phenoxy) is 2. The van der Waals surface area contributed by atoms with E-state index in [0.717, 1.165) is 5.56 Å². The summed E-state index contributed by atoms with van der Waals surface area (Å²) in [5.41, 5.74) is 6.36. The van der Waals surface area contributed by atoms with E-state index in [2.05, 4.69) is 15.3 Å². The molecule has 0 aliphatic carbocycles. The van der Waals surface area contributed by atoms with Gasteiger partial charge < -0.3 is 20.5 Å². The van der Waals surface area contributed by atoms with Crippen LogP contribution in [-0.2, 0) is 4.79 Å². The van der Waals surface area contributed by atoms with Crippen LogP contribution < -0.4 is 26.1 Å². The average Bonchev–Trinajstić information content (AvgIpc) is 2.92. The van der Waals surface area contributed by atoms with E-state index in [4.69, 9.17) is 15.2 Å². The average molecular weight is 300 g/mol. The Labute approximate surface area is 124 Å². The Bertz CT molecular complexity index is 845. The van der Waals surface area contributed by atoms with Crippen LogP contribution in [0.4, 0.5) is 11.8 Å². The molecule has 1 atom stereocenters. The highest BCUT2D eigenvalue weighted by Crippen LogP contribution is 2.39. The van der Waals surface area contributed by atoms with Crippen LogP contribution in [0, 0.1) is 0 Å². The molecular weight excluding hydrogens is 288 g/mol. The van der Waals surface area contributed by atoms with E-state index in [0.29, 0.717) is 17.1 Å². The normalized spacial score (nSPS) is 18.7. The Kier molecular flexibility index (Phi) is 2.59. The fourth-order valence-electron chi connectivity index (χ4n) is 2.80. The third kappa shape index (κ3) is 1.88. The first-order chi connectivity index (χ1) is 10.6. The molecule has 1 unspecified atom stereocenters. The highest BCUT2D eigenvalue weighted by molar-refractivity contribution is 5.94. The van der Waals surface area contributed by atoms with Gasteiger partial charge in [0.2, 0.25) is 18.6 Å². The topological polar surface area (TPSA) is 119 Å². The number of nitrogens with one attached hydrogen (secondary N) is 2. The molecule has 0 spiro atoms. The van der Waals surface area contributed by atoms with Gasteiger partial charge in [0.05, 0.1) is 5.56 Å². The second-order valence-electron chi connectivity index (χ2n) is 5.13. The molecule has 1 aromatic carbocycles. The van der Waals surface area contributed by atoms with E-state index in [-0.39, 0.29) is 36.4 Å². The van der Waals surface area contributed by atoms with Gasteiger partial charge in [0.25, 0.3) is 5.56 Å². The molecule has 112 valence electrons. The van der Waals surface area contributed by atoms with Gasteiger partial charge in [-0.15, -0.1) is 0 Å². The summed E-state index contributed by atoms with van der Waals surface area (Å²) in [4.78, 5) is 30.6. The van der Waals surface area contributed by atoms with Crippen LogP contribution in [0.15, 0.2) is 23.0 Å². The highest BCUT2D eigenvalue weighted by atomic mass is 16.7. The van der Waals surface area contributed by atoms with Crippen LogP contribution >= 0.6 is 0 Å². The van der Waals surface area contributed by atoms with Crippen LogP contribution in [0.1, 0.15) is 23.5 Å². The Morgan fingerprint density at radius 2 is 2.05 bits per heavy atom. The van der Waals surface area contributed by atoms with Crippen molar-refractivity contribution in [1.29, 1.82) is 0 Å². The van der Waals surface area contributed by atoms with E-state index in [1.165, 1.54) is 0 Å². The van der Waals surface area contributed by atoms with Crippen LogP contribution in [0.25, 0.3) is 0 Å². The van der Waals surface area contributed by atoms with Gasteiger partial charge in [0.15, 0.2) is 11.5 Å². The number of H-pyrrole nitrogens is 1. The first kappa shape index (κ1) is 12.7. The zero-order chi connectivity index (χ0) is 15.3. The summed E-state index contributed by atoms with van der Waals surface area (Å²) < 4.78 is 10.6. The van der Waals surface area contributed by atoms with Gasteiger partial charge in [-0.1, -0.05) is 6.07 Å². The molecule has 2 aliphatic rings. The van der Waals surface area contributed by atoms with Crippen LogP contribution in [0.5, 0.6) is 11.5 Å². The Hall–Kier alpha value is -3.03. The maximum atomic E-state index is 12.2. The molecule has 0 radical (unpaired) electrons. The molecule has 8 heteroatoms. The number of nitrogens with two attached hydrogens (primary N) is 1. The number of nitrogen functional groups attached to an aromatic ring is 1. The maximum Gasteiger partial charge on any atom is 0.258 e.